The van der Waals surface area contributed by atoms with Crippen LogP contribution in [0.5, 0.6) is 11.5 Å². The molecule has 1 unspecified atom stereocenters. The number of sulfonamides is 1. The predicted octanol–water partition coefficient (Wildman–Crippen LogP) is 1.50. The van der Waals surface area contributed by atoms with Crippen LogP contribution in [0.15, 0.2) is 18.2 Å². The second-order valence-corrected chi connectivity index (χ2v) is 6.88. The Morgan fingerprint density at radius 1 is 1.50 bits per heavy atom. The van der Waals surface area contributed by atoms with Crippen LogP contribution in [0.2, 0.25) is 0 Å². The molecule has 1 atom stereocenters. The Hall–Kier alpha value is -2.02. The second-order valence-electron chi connectivity index (χ2n) is 5.14. The summed E-state index contributed by atoms with van der Waals surface area (Å²) in [5.41, 5.74) is 1.73. The lowest BCUT2D eigenvalue weighted by molar-refractivity contribution is -0.114. The summed E-state index contributed by atoms with van der Waals surface area (Å²) < 4.78 is 35.1. The van der Waals surface area contributed by atoms with Gasteiger partial charge in [-0.15, -0.1) is 0 Å². The molecule has 1 aliphatic heterocycles. The number of hydrogen-bond acceptors (Lipinski definition) is 5. The van der Waals surface area contributed by atoms with Crippen molar-refractivity contribution in [3.63, 3.8) is 0 Å². The van der Waals surface area contributed by atoms with Gasteiger partial charge < -0.3 is 9.47 Å². The van der Waals surface area contributed by atoms with Crippen LogP contribution in [0.3, 0.4) is 0 Å². The number of hydrogen-bond donors (Lipinski definition) is 1. The highest BCUT2D eigenvalue weighted by atomic mass is 32.2. The van der Waals surface area contributed by atoms with Crippen molar-refractivity contribution in [3.8, 4) is 11.5 Å². The smallest absolute Gasteiger partial charge is 0.257 e. The van der Waals surface area contributed by atoms with Crippen LogP contribution in [0, 0.1) is 0 Å². The first-order chi connectivity index (χ1) is 10.3. The van der Waals surface area contributed by atoms with Gasteiger partial charge in [-0.3, -0.25) is 4.79 Å². The predicted molar refractivity (Wildman–Crippen MR) is 83.4 cm³/mol. The van der Waals surface area contributed by atoms with Crippen LogP contribution in [-0.2, 0) is 21.2 Å². The molecule has 0 fully saturated rings. The van der Waals surface area contributed by atoms with Gasteiger partial charge in [0.2, 0.25) is 10.0 Å². The van der Waals surface area contributed by atoms with Crippen molar-refractivity contribution in [2.24, 2.45) is 0 Å². The number of fused-ring (bicyclic) bond motifs is 1. The molecule has 0 bridgehead atoms. The Morgan fingerprint density at radius 3 is 2.86 bits per heavy atom. The first-order valence-electron chi connectivity index (χ1n) is 6.94. The topological polar surface area (TPSA) is 81.7 Å². The summed E-state index contributed by atoms with van der Waals surface area (Å²) in [7, 11) is -3.57. The van der Waals surface area contributed by atoms with Crippen LogP contribution in [0.1, 0.15) is 25.0 Å². The highest BCUT2D eigenvalue weighted by molar-refractivity contribution is 7.89. The van der Waals surface area contributed by atoms with Gasteiger partial charge in [0, 0.05) is 23.6 Å². The molecule has 0 aromatic heterocycles. The fourth-order valence-electron chi connectivity index (χ4n) is 2.25. The summed E-state index contributed by atoms with van der Waals surface area (Å²) >= 11 is 0. The van der Waals surface area contributed by atoms with Crippen molar-refractivity contribution in [1.29, 1.82) is 0 Å². The Balaban J connectivity index is 2.26. The first-order valence-corrected chi connectivity index (χ1v) is 8.84. The monoisotopic (exact) mass is 325 g/mol. The standard InChI is InChI=1S/C15H19NO5S/c1-4-20-13-9-12-7-10(2)21-14(12)8-11(13)5-6-15(17)16-22(3,18)19/h5-6,8-10H,4,7H2,1-3H3,(H,16,17). The average molecular weight is 325 g/mol. The SMILES string of the molecule is CCOc1cc2c(cc1C=CC(=O)NS(C)(=O)=O)OC(C)C2. The summed E-state index contributed by atoms with van der Waals surface area (Å²) in [5, 5.41) is 0. The van der Waals surface area contributed by atoms with E-state index >= 15 is 0 Å². The first kappa shape index (κ1) is 16.4. The molecular formula is C15H19NO5S. The number of carbonyl (C=O) groups is 1. The van der Waals surface area contributed by atoms with Gasteiger partial charge in [-0.2, -0.15) is 0 Å². The molecule has 0 saturated carbocycles. The van der Waals surface area contributed by atoms with Gasteiger partial charge in [-0.05, 0) is 32.1 Å². The van der Waals surface area contributed by atoms with E-state index in [0.717, 1.165) is 30.1 Å². The zero-order valence-corrected chi connectivity index (χ0v) is 13.6. The minimum absolute atomic E-state index is 0.109. The molecule has 22 heavy (non-hydrogen) atoms. The molecule has 0 radical (unpaired) electrons. The molecule has 0 spiro atoms. The maximum atomic E-state index is 11.5. The van der Waals surface area contributed by atoms with Crippen LogP contribution in [-0.4, -0.2) is 33.3 Å². The third kappa shape index (κ3) is 4.24. The van der Waals surface area contributed by atoms with Gasteiger partial charge in [0.15, 0.2) is 0 Å². The Bertz CT molecular complexity index is 709. The Labute approximate surface area is 130 Å². The van der Waals surface area contributed by atoms with E-state index in [1.807, 2.05) is 24.6 Å². The van der Waals surface area contributed by atoms with Gasteiger partial charge in [0.25, 0.3) is 5.91 Å². The Morgan fingerprint density at radius 2 is 2.23 bits per heavy atom. The molecule has 1 N–H and O–H groups in total. The zero-order valence-electron chi connectivity index (χ0n) is 12.8. The van der Waals surface area contributed by atoms with Crippen molar-refractivity contribution in [2.45, 2.75) is 26.4 Å². The van der Waals surface area contributed by atoms with E-state index in [4.69, 9.17) is 9.47 Å². The quantitative estimate of drug-likeness (QED) is 0.830. The van der Waals surface area contributed by atoms with Gasteiger partial charge >= 0.3 is 0 Å². The van der Waals surface area contributed by atoms with Crippen LogP contribution in [0.4, 0.5) is 0 Å². The van der Waals surface area contributed by atoms with Crippen molar-refractivity contribution >= 4 is 22.0 Å². The lowest BCUT2D eigenvalue weighted by Crippen LogP contribution is -2.27. The molecule has 1 aromatic carbocycles. The molecule has 2 rings (SSSR count). The van der Waals surface area contributed by atoms with Gasteiger partial charge in [-0.1, -0.05) is 0 Å². The molecular weight excluding hydrogens is 306 g/mol. The van der Waals surface area contributed by atoms with E-state index < -0.39 is 15.9 Å². The fourth-order valence-corrected chi connectivity index (χ4v) is 2.68. The molecule has 1 aromatic rings. The molecule has 1 heterocycles. The normalized spacial score (nSPS) is 17.1. The summed E-state index contributed by atoms with van der Waals surface area (Å²) in [6, 6.07) is 3.70. The van der Waals surface area contributed by atoms with Crippen molar-refractivity contribution in [1.82, 2.24) is 4.72 Å². The van der Waals surface area contributed by atoms with Gasteiger partial charge in [0.1, 0.15) is 17.6 Å². The highest BCUT2D eigenvalue weighted by Crippen LogP contribution is 2.35. The highest BCUT2D eigenvalue weighted by Gasteiger charge is 2.21. The minimum atomic E-state index is -3.57. The molecule has 1 aliphatic rings. The van der Waals surface area contributed by atoms with Crippen LogP contribution >= 0.6 is 0 Å². The van der Waals surface area contributed by atoms with E-state index in [0.29, 0.717) is 17.9 Å². The van der Waals surface area contributed by atoms with Crippen LogP contribution in [0.25, 0.3) is 6.08 Å². The van der Waals surface area contributed by atoms with E-state index in [-0.39, 0.29) is 6.10 Å². The van der Waals surface area contributed by atoms with Crippen molar-refractivity contribution in [3.05, 3.63) is 29.3 Å². The van der Waals surface area contributed by atoms with E-state index in [1.54, 1.807) is 6.07 Å². The largest absolute Gasteiger partial charge is 0.493 e. The maximum Gasteiger partial charge on any atom is 0.257 e. The molecule has 0 aliphatic carbocycles. The zero-order chi connectivity index (χ0) is 16.3. The summed E-state index contributed by atoms with van der Waals surface area (Å²) in [4.78, 5) is 11.5. The summed E-state index contributed by atoms with van der Waals surface area (Å²) in [6.45, 7) is 4.34. The second kappa shape index (κ2) is 6.39. The lowest BCUT2D eigenvalue weighted by Gasteiger charge is -2.10. The Kier molecular flexibility index (Phi) is 4.75. The number of ether oxygens (including phenoxy) is 2. The molecule has 6 nitrogen and oxygen atoms in total. The number of carbonyl (C=O) groups excluding carboxylic acids is 1. The molecule has 1 amide bonds. The van der Waals surface area contributed by atoms with Crippen LogP contribution < -0.4 is 14.2 Å². The lowest BCUT2D eigenvalue weighted by atomic mass is 10.1. The minimum Gasteiger partial charge on any atom is -0.493 e. The third-order valence-corrected chi connectivity index (χ3v) is 3.60. The number of benzene rings is 1. The number of amides is 1. The number of rotatable bonds is 5. The van der Waals surface area contributed by atoms with Gasteiger partial charge in [0.05, 0.1) is 12.9 Å². The summed E-state index contributed by atoms with van der Waals surface area (Å²) in [5.74, 6) is 0.696. The summed E-state index contributed by atoms with van der Waals surface area (Å²) in [6.07, 6.45) is 4.52. The van der Waals surface area contributed by atoms with E-state index in [9.17, 15) is 13.2 Å². The number of nitrogens with one attached hydrogen (secondary N) is 1. The third-order valence-electron chi connectivity index (χ3n) is 3.03. The average Bonchev–Trinajstić information content (AvgIpc) is 2.73. The fraction of sp³-hybridized carbons (Fsp3) is 0.400. The molecule has 0 saturated heterocycles. The van der Waals surface area contributed by atoms with Crippen molar-refractivity contribution < 1.29 is 22.7 Å². The maximum absolute atomic E-state index is 11.5. The van der Waals surface area contributed by atoms with Crippen molar-refractivity contribution in [2.75, 3.05) is 12.9 Å². The van der Waals surface area contributed by atoms with E-state index in [2.05, 4.69) is 0 Å². The molecule has 7 heteroatoms. The van der Waals surface area contributed by atoms with E-state index in [1.165, 1.54) is 6.08 Å². The van der Waals surface area contributed by atoms with Gasteiger partial charge in [-0.25, -0.2) is 13.1 Å². The molecule has 120 valence electrons.